The van der Waals surface area contributed by atoms with E-state index >= 15 is 0 Å². The molecule has 0 atom stereocenters. The third kappa shape index (κ3) is 4.47. The largest absolute Gasteiger partial charge is 0.481 e. The Morgan fingerprint density at radius 2 is 2.00 bits per heavy atom. The Morgan fingerprint density at radius 1 is 1.26 bits per heavy atom. The van der Waals surface area contributed by atoms with Crippen LogP contribution < -0.4 is 16.6 Å². The van der Waals surface area contributed by atoms with Crippen molar-refractivity contribution in [1.29, 1.82) is 0 Å². The smallest absolute Gasteiger partial charge is 0.332 e. The Kier molecular flexibility index (Phi) is 6.10. The molecule has 0 spiro atoms. The number of aromatic nitrogens is 4. The van der Waals surface area contributed by atoms with E-state index in [1.165, 1.54) is 9.13 Å². The maximum Gasteiger partial charge on any atom is 0.332 e. The number of aliphatic carboxylic acids is 1. The van der Waals surface area contributed by atoms with Gasteiger partial charge in [-0.05, 0) is 51.1 Å². The third-order valence-corrected chi connectivity index (χ3v) is 5.30. The molecule has 2 aromatic heterocycles. The number of rotatable bonds is 8. The molecule has 1 aliphatic heterocycles. The van der Waals surface area contributed by atoms with Gasteiger partial charge in [0.25, 0.3) is 5.56 Å². The van der Waals surface area contributed by atoms with Gasteiger partial charge in [-0.2, -0.15) is 0 Å². The number of unbranched alkanes of at least 4 members (excludes halogenated alkanes) is 1. The van der Waals surface area contributed by atoms with E-state index < -0.39 is 11.7 Å². The van der Waals surface area contributed by atoms with Crippen LogP contribution in [0.5, 0.6) is 0 Å². The maximum absolute atomic E-state index is 12.7. The molecule has 9 nitrogen and oxygen atoms in total. The van der Waals surface area contributed by atoms with Crippen molar-refractivity contribution < 1.29 is 9.90 Å². The first-order valence-corrected chi connectivity index (χ1v) is 9.58. The molecule has 148 valence electrons. The summed E-state index contributed by atoms with van der Waals surface area (Å²) in [5, 5.41) is 12.1. The number of nitrogens with one attached hydrogen (secondary N) is 2. The van der Waals surface area contributed by atoms with Crippen LogP contribution in [0.4, 0.5) is 0 Å². The number of hydrogen-bond acceptors (Lipinski definition) is 5. The molecule has 0 amide bonds. The Balaban J connectivity index is 1.77. The number of carboxylic acids is 1. The molecule has 1 fully saturated rings. The van der Waals surface area contributed by atoms with Crippen LogP contribution in [0.2, 0.25) is 0 Å². The molecule has 1 aliphatic rings. The van der Waals surface area contributed by atoms with E-state index in [-0.39, 0.29) is 18.5 Å². The number of fused-ring (bicyclic) bond motifs is 1. The van der Waals surface area contributed by atoms with Crippen molar-refractivity contribution in [3.05, 3.63) is 26.7 Å². The molecule has 0 aromatic carbocycles. The molecule has 9 heteroatoms. The standard InChI is InChI=1S/C18H27N5O4/c1-22-16-15(17(26)23(18(22)27)11-3-2-4-14(24)25)20-13(21-16)6-5-12-7-9-19-10-8-12/h12,19H,2-11H2,1H3,(H,20,21)(H,24,25). The molecule has 0 aliphatic carbocycles. The summed E-state index contributed by atoms with van der Waals surface area (Å²) in [5.74, 6) is 0.520. The second-order valence-corrected chi connectivity index (χ2v) is 7.26. The molecular weight excluding hydrogens is 350 g/mol. The van der Waals surface area contributed by atoms with Crippen LogP contribution in [-0.2, 0) is 24.8 Å². The lowest BCUT2D eigenvalue weighted by Crippen LogP contribution is -2.39. The molecular formula is C18H27N5O4. The summed E-state index contributed by atoms with van der Waals surface area (Å²) in [7, 11) is 1.61. The first kappa shape index (κ1) is 19.3. The zero-order chi connectivity index (χ0) is 19.4. The van der Waals surface area contributed by atoms with Crippen LogP contribution >= 0.6 is 0 Å². The predicted molar refractivity (Wildman–Crippen MR) is 101 cm³/mol. The first-order valence-electron chi connectivity index (χ1n) is 9.58. The van der Waals surface area contributed by atoms with E-state index in [1.807, 2.05) is 0 Å². The fourth-order valence-electron chi connectivity index (χ4n) is 3.67. The Hall–Kier alpha value is -2.42. The van der Waals surface area contributed by atoms with Crippen molar-refractivity contribution in [3.8, 4) is 0 Å². The number of hydrogen-bond donors (Lipinski definition) is 3. The topological polar surface area (TPSA) is 122 Å². The Labute approximate surface area is 156 Å². The molecule has 0 bridgehead atoms. The van der Waals surface area contributed by atoms with Crippen LogP contribution in [0.25, 0.3) is 11.2 Å². The van der Waals surface area contributed by atoms with Crippen LogP contribution in [-0.4, -0.2) is 43.3 Å². The summed E-state index contributed by atoms with van der Waals surface area (Å²) in [6, 6.07) is 0. The van der Waals surface area contributed by atoms with Gasteiger partial charge in [-0.15, -0.1) is 0 Å². The van der Waals surface area contributed by atoms with Gasteiger partial charge in [0, 0.05) is 26.4 Å². The second kappa shape index (κ2) is 8.51. The molecule has 1 saturated heterocycles. The van der Waals surface area contributed by atoms with Crippen molar-refractivity contribution in [3.63, 3.8) is 0 Å². The van der Waals surface area contributed by atoms with Crippen molar-refractivity contribution in [2.45, 2.75) is 51.5 Å². The quantitative estimate of drug-likeness (QED) is 0.580. The minimum atomic E-state index is -0.877. The van der Waals surface area contributed by atoms with Crippen LogP contribution in [0.3, 0.4) is 0 Å². The zero-order valence-electron chi connectivity index (χ0n) is 15.7. The molecule has 3 N–H and O–H groups in total. The normalized spacial score (nSPS) is 15.4. The fourth-order valence-corrected chi connectivity index (χ4v) is 3.67. The van der Waals surface area contributed by atoms with Crippen LogP contribution in [0.1, 0.15) is 44.3 Å². The monoisotopic (exact) mass is 377 g/mol. The van der Waals surface area contributed by atoms with E-state index in [4.69, 9.17) is 5.11 Å². The number of carbonyl (C=O) groups is 1. The Morgan fingerprint density at radius 3 is 2.70 bits per heavy atom. The SMILES string of the molecule is Cn1c(=O)n(CCCCC(=O)O)c(=O)c2[nH]c(CCC3CCNCC3)nc21. The molecule has 2 aromatic rings. The van der Waals surface area contributed by atoms with Gasteiger partial charge in [0.15, 0.2) is 5.65 Å². The second-order valence-electron chi connectivity index (χ2n) is 7.26. The average molecular weight is 377 g/mol. The molecule has 3 heterocycles. The van der Waals surface area contributed by atoms with Gasteiger partial charge < -0.3 is 15.4 Å². The van der Waals surface area contributed by atoms with Crippen molar-refractivity contribution >= 4 is 17.1 Å². The van der Waals surface area contributed by atoms with E-state index in [0.717, 1.165) is 44.6 Å². The average Bonchev–Trinajstić information content (AvgIpc) is 3.09. The summed E-state index contributed by atoms with van der Waals surface area (Å²) in [5.41, 5.74) is -0.0778. The van der Waals surface area contributed by atoms with Gasteiger partial charge in [-0.25, -0.2) is 9.78 Å². The summed E-state index contributed by atoms with van der Waals surface area (Å²) in [6.07, 6.45) is 4.99. The number of nitrogens with zero attached hydrogens (tertiary/aromatic N) is 3. The Bertz CT molecular complexity index is 920. The minimum Gasteiger partial charge on any atom is -0.481 e. The van der Waals surface area contributed by atoms with Gasteiger partial charge in [0.1, 0.15) is 11.3 Å². The highest BCUT2D eigenvalue weighted by Gasteiger charge is 2.17. The first-order chi connectivity index (χ1) is 13.0. The lowest BCUT2D eigenvalue weighted by Gasteiger charge is -2.21. The van der Waals surface area contributed by atoms with E-state index in [0.29, 0.717) is 29.9 Å². The van der Waals surface area contributed by atoms with Crippen molar-refractivity contribution in [2.24, 2.45) is 13.0 Å². The van der Waals surface area contributed by atoms with Crippen molar-refractivity contribution in [1.82, 2.24) is 24.4 Å². The molecule has 0 unspecified atom stereocenters. The fraction of sp³-hybridized carbons (Fsp3) is 0.667. The summed E-state index contributed by atoms with van der Waals surface area (Å²) >= 11 is 0. The lowest BCUT2D eigenvalue weighted by atomic mass is 9.93. The number of aromatic amines is 1. The number of imidazole rings is 1. The van der Waals surface area contributed by atoms with Crippen molar-refractivity contribution in [2.75, 3.05) is 13.1 Å². The van der Waals surface area contributed by atoms with Crippen LogP contribution in [0, 0.1) is 5.92 Å². The highest BCUT2D eigenvalue weighted by atomic mass is 16.4. The highest BCUT2D eigenvalue weighted by Crippen LogP contribution is 2.18. The van der Waals surface area contributed by atoms with E-state index in [9.17, 15) is 14.4 Å². The van der Waals surface area contributed by atoms with E-state index in [2.05, 4.69) is 15.3 Å². The lowest BCUT2D eigenvalue weighted by molar-refractivity contribution is -0.137. The highest BCUT2D eigenvalue weighted by molar-refractivity contribution is 5.69. The summed E-state index contributed by atoms with van der Waals surface area (Å²) in [6.45, 7) is 2.30. The molecule has 0 radical (unpaired) electrons. The predicted octanol–water partition coefficient (Wildman–Crippen LogP) is 0.610. The van der Waals surface area contributed by atoms with Gasteiger partial charge in [-0.1, -0.05) is 0 Å². The minimum absolute atomic E-state index is 0.0300. The number of H-pyrrole nitrogens is 1. The maximum atomic E-state index is 12.7. The van der Waals surface area contributed by atoms with Gasteiger partial charge >= 0.3 is 11.7 Å². The van der Waals surface area contributed by atoms with Gasteiger partial charge in [0.2, 0.25) is 0 Å². The number of piperidine rings is 1. The zero-order valence-corrected chi connectivity index (χ0v) is 15.7. The van der Waals surface area contributed by atoms with Crippen LogP contribution in [0.15, 0.2) is 9.59 Å². The summed E-state index contributed by atoms with van der Waals surface area (Å²) in [4.78, 5) is 43.4. The summed E-state index contributed by atoms with van der Waals surface area (Å²) < 4.78 is 2.55. The van der Waals surface area contributed by atoms with Gasteiger partial charge in [-0.3, -0.25) is 18.7 Å². The third-order valence-electron chi connectivity index (χ3n) is 5.30. The molecule has 0 saturated carbocycles. The van der Waals surface area contributed by atoms with Gasteiger partial charge in [0.05, 0.1) is 0 Å². The number of aryl methyl sites for hydroxylation is 2. The molecule has 3 rings (SSSR count). The van der Waals surface area contributed by atoms with E-state index in [1.54, 1.807) is 7.05 Å². The molecule has 27 heavy (non-hydrogen) atoms. The number of carboxylic acid groups (broad SMARTS) is 1.